The van der Waals surface area contributed by atoms with Crippen molar-refractivity contribution in [2.75, 3.05) is 39.5 Å². The van der Waals surface area contributed by atoms with Crippen molar-refractivity contribution in [3.8, 4) is 5.75 Å². The number of fused-ring (bicyclic) bond motifs is 1. The molecule has 0 bridgehead atoms. The summed E-state index contributed by atoms with van der Waals surface area (Å²) in [6.07, 6.45) is 0.758. The molecule has 2 aromatic rings. The monoisotopic (exact) mass is 396 g/mol. The fourth-order valence-electron chi connectivity index (χ4n) is 3.11. The molecule has 148 valence electrons. The van der Waals surface area contributed by atoms with Crippen LogP contribution >= 0.6 is 11.8 Å². The Kier molecular flexibility index (Phi) is 6.92. The van der Waals surface area contributed by atoms with Gasteiger partial charge in [-0.3, -0.25) is 4.99 Å². The van der Waals surface area contributed by atoms with Crippen LogP contribution in [0.25, 0.3) is 0 Å². The molecule has 0 radical (unpaired) electrons. The normalized spacial score (nSPS) is 14.0. The van der Waals surface area contributed by atoms with Gasteiger partial charge in [-0.1, -0.05) is 12.1 Å². The summed E-state index contributed by atoms with van der Waals surface area (Å²) in [5.41, 5.74) is 4.07. The third-order valence-corrected chi connectivity index (χ3v) is 6.51. The van der Waals surface area contributed by atoms with Gasteiger partial charge >= 0.3 is 0 Å². The van der Waals surface area contributed by atoms with Crippen LogP contribution in [0.2, 0.25) is 0 Å². The van der Waals surface area contributed by atoms with Crippen LogP contribution in [-0.2, 0) is 0 Å². The predicted molar refractivity (Wildman–Crippen MR) is 122 cm³/mol. The number of nitrogens with zero attached hydrogens (tertiary/aromatic N) is 3. The van der Waals surface area contributed by atoms with E-state index in [1.54, 1.807) is 7.11 Å². The van der Waals surface area contributed by atoms with Crippen molar-refractivity contribution >= 4 is 33.9 Å². The average Bonchev–Trinajstić information content (AvgIpc) is 2.93. The van der Waals surface area contributed by atoms with Crippen molar-refractivity contribution in [1.82, 2.24) is 0 Å². The number of hydrogen-bond donors (Lipinski definition) is 0. The molecule has 0 saturated heterocycles. The molecule has 0 saturated carbocycles. The zero-order valence-corrected chi connectivity index (χ0v) is 18.1. The average molecular weight is 397 g/mol. The van der Waals surface area contributed by atoms with Gasteiger partial charge < -0.3 is 9.22 Å². The topological polar surface area (TPSA) is 34.0 Å². The molecule has 3 rings (SSSR count). The molecule has 0 aliphatic carbocycles. The fraction of sp³-hybridized carbons (Fsp3) is 0.391. The van der Waals surface area contributed by atoms with E-state index >= 15 is 0 Å². The highest BCUT2D eigenvalue weighted by Gasteiger charge is 2.19. The van der Waals surface area contributed by atoms with Gasteiger partial charge in [0.05, 0.1) is 55.9 Å². The Bertz CT molecular complexity index is 854. The van der Waals surface area contributed by atoms with Crippen LogP contribution in [0.1, 0.15) is 25.8 Å². The van der Waals surface area contributed by atoms with E-state index in [2.05, 4.69) is 39.1 Å². The highest BCUT2D eigenvalue weighted by atomic mass is 32.2. The number of hydrogen-bond acceptors (Lipinski definition) is 4. The molecule has 0 amide bonds. The third kappa shape index (κ3) is 5.03. The molecule has 1 aliphatic heterocycles. The number of aliphatic imine (C=N–C) groups is 2. The lowest BCUT2D eigenvalue weighted by molar-refractivity contribution is -0.903. The molecule has 0 atom stereocenters. The van der Waals surface area contributed by atoms with Crippen molar-refractivity contribution in [3.63, 3.8) is 0 Å². The van der Waals surface area contributed by atoms with Crippen LogP contribution < -0.4 is 4.74 Å². The summed E-state index contributed by atoms with van der Waals surface area (Å²) in [5.74, 6) is 1.92. The first-order chi connectivity index (χ1) is 13.6. The second-order valence-electron chi connectivity index (χ2n) is 7.28. The van der Waals surface area contributed by atoms with Gasteiger partial charge in [0.15, 0.2) is 0 Å². The maximum Gasteiger partial charge on any atom is 0.118 e. The molecule has 0 unspecified atom stereocenters. The summed E-state index contributed by atoms with van der Waals surface area (Å²) >= 11 is 1.87. The minimum absolute atomic E-state index is 0.758. The fourth-order valence-corrected chi connectivity index (χ4v) is 4.28. The zero-order valence-electron chi connectivity index (χ0n) is 17.3. The van der Waals surface area contributed by atoms with Crippen molar-refractivity contribution in [2.45, 2.75) is 20.3 Å². The van der Waals surface area contributed by atoms with Crippen molar-refractivity contribution in [2.24, 2.45) is 9.98 Å². The molecule has 2 aromatic carbocycles. The van der Waals surface area contributed by atoms with Crippen LogP contribution in [0.4, 0.5) is 11.4 Å². The zero-order chi connectivity index (χ0) is 20.0. The van der Waals surface area contributed by atoms with Crippen LogP contribution in [0.5, 0.6) is 5.75 Å². The lowest BCUT2D eigenvalue weighted by Gasteiger charge is -2.31. The quantitative estimate of drug-likeness (QED) is 0.582. The standard InChI is InChI=1S/C23H30N3OS/c1-5-26(3,6-2)15-16-28-23-17-22(18-11-13-19(27-4)14-12-18)24-20-9-7-8-10-21(20)25-23/h7-14H,5-6,15-17H2,1-4H3/q+1. The molecular weight excluding hydrogens is 366 g/mol. The largest absolute Gasteiger partial charge is 0.497 e. The number of thioether (sulfide) groups is 1. The van der Waals surface area contributed by atoms with E-state index in [9.17, 15) is 0 Å². The minimum Gasteiger partial charge on any atom is -0.497 e. The molecule has 0 aromatic heterocycles. The van der Waals surface area contributed by atoms with Crippen LogP contribution in [0.15, 0.2) is 58.5 Å². The van der Waals surface area contributed by atoms with Crippen molar-refractivity contribution in [3.05, 3.63) is 54.1 Å². The summed E-state index contributed by atoms with van der Waals surface area (Å²) in [6.45, 7) is 7.99. The second kappa shape index (κ2) is 9.39. The van der Waals surface area contributed by atoms with E-state index in [1.807, 2.05) is 42.1 Å². The number of para-hydroxylation sites is 2. The first-order valence-corrected chi connectivity index (χ1v) is 10.9. The van der Waals surface area contributed by atoms with Gasteiger partial charge in [0, 0.05) is 12.2 Å². The Morgan fingerprint density at radius 2 is 1.61 bits per heavy atom. The lowest BCUT2D eigenvalue weighted by atomic mass is 10.1. The van der Waals surface area contributed by atoms with E-state index in [1.165, 1.54) is 0 Å². The Morgan fingerprint density at radius 1 is 0.964 bits per heavy atom. The molecular formula is C23H30N3OS+. The Hall–Kier alpha value is -2.11. The maximum absolute atomic E-state index is 5.30. The van der Waals surface area contributed by atoms with Crippen molar-refractivity contribution < 1.29 is 9.22 Å². The number of methoxy groups -OCH3 is 1. The molecule has 1 heterocycles. The SMILES string of the molecule is CC[N+](C)(CC)CCSC1=Nc2ccccc2N=C(c2ccc(OC)cc2)C1. The first kappa shape index (κ1) is 20.6. The number of ether oxygens (including phenoxy) is 1. The van der Waals surface area contributed by atoms with E-state index < -0.39 is 0 Å². The summed E-state index contributed by atoms with van der Waals surface area (Å²) in [5, 5.41) is 1.14. The molecule has 0 spiro atoms. The van der Waals surface area contributed by atoms with Gasteiger partial charge in [-0.05, 0) is 55.8 Å². The highest BCUT2D eigenvalue weighted by Crippen LogP contribution is 2.33. The Balaban J connectivity index is 1.83. The van der Waals surface area contributed by atoms with E-state index in [-0.39, 0.29) is 0 Å². The van der Waals surface area contributed by atoms with E-state index in [0.29, 0.717) is 0 Å². The Labute approximate surface area is 172 Å². The van der Waals surface area contributed by atoms with Crippen molar-refractivity contribution in [1.29, 1.82) is 0 Å². The molecule has 1 aliphatic rings. The summed E-state index contributed by atoms with van der Waals surface area (Å²) in [4.78, 5) is 9.90. The molecule has 4 nitrogen and oxygen atoms in total. The summed E-state index contributed by atoms with van der Waals surface area (Å²) in [6, 6.07) is 16.3. The highest BCUT2D eigenvalue weighted by molar-refractivity contribution is 8.14. The second-order valence-corrected chi connectivity index (χ2v) is 8.45. The molecule has 0 fully saturated rings. The van der Waals surface area contributed by atoms with Crippen LogP contribution in [0.3, 0.4) is 0 Å². The van der Waals surface area contributed by atoms with E-state index in [4.69, 9.17) is 14.7 Å². The summed E-state index contributed by atoms with van der Waals surface area (Å²) < 4.78 is 6.39. The Morgan fingerprint density at radius 3 is 2.21 bits per heavy atom. The van der Waals surface area contributed by atoms with Gasteiger partial charge in [0.2, 0.25) is 0 Å². The predicted octanol–water partition coefficient (Wildman–Crippen LogP) is 5.47. The van der Waals surface area contributed by atoms with Gasteiger partial charge in [-0.2, -0.15) is 0 Å². The van der Waals surface area contributed by atoms with Gasteiger partial charge in [-0.25, -0.2) is 4.99 Å². The smallest absolute Gasteiger partial charge is 0.118 e. The van der Waals surface area contributed by atoms with Crippen LogP contribution in [-0.4, -0.2) is 54.8 Å². The first-order valence-electron chi connectivity index (χ1n) is 9.92. The molecule has 0 N–H and O–H groups in total. The summed E-state index contributed by atoms with van der Waals surface area (Å²) in [7, 11) is 4.02. The van der Waals surface area contributed by atoms with E-state index in [0.717, 1.165) is 69.7 Å². The van der Waals surface area contributed by atoms with Gasteiger partial charge in [0.1, 0.15) is 5.75 Å². The van der Waals surface area contributed by atoms with Crippen LogP contribution in [0, 0.1) is 0 Å². The van der Waals surface area contributed by atoms with Gasteiger partial charge in [0.25, 0.3) is 0 Å². The minimum atomic E-state index is 0.758. The third-order valence-electron chi connectivity index (χ3n) is 5.55. The van der Waals surface area contributed by atoms with Gasteiger partial charge in [-0.15, -0.1) is 11.8 Å². The molecule has 5 heteroatoms. The number of quaternary nitrogens is 1. The maximum atomic E-state index is 5.30. The molecule has 28 heavy (non-hydrogen) atoms. The number of rotatable bonds is 7. The number of benzene rings is 2. The lowest BCUT2D eigenvalue weighted by Crippen LogP contribution is -2.45.